The van der Waals surface area contributed by atoms with Crippen molar-refractivity contribution in [2.45, 2.75) is 32.7 Å². The molecule has 0 amide bonds. The fraction of sp³-hybridized carbons (Fsp3) is 0.192. The lowest BCUT2D eigenvalue weighted by Crippen LogP contribution is -2.09. The van der Waals surface area contributed by atoms with Crippen molar-refractivity contribution < 1.29 is 0 Å². The van der Waals surface area contributed by atoms with Crippen molar-refractivity contribution in [3.8, 4) is 33.9 Å². The summed E-state index contributed by atoms with van der Waals surface area (Å²) in [4.78, 5) is 4.88. The van der Waals surface area contributed by atoms with Gasteiger partial charge in [-0.25, -0.2) is 9.67 Å². The summed E-state index contributed by atoms with van der Waals surface area (Å²) in [5.74, 6) is 2.71. The molecule has 0 aliphatic rings. The van der Waals surface area contributed by atoms with E-state index in [0.29, 0.717) is 18.3 Å². The molecule has 2 aromatic heterocycles. The van der Waals surface area contributed by atoms with Crippen LogP contribution in [0.25, 0.3) is 33.9 Å². The maximum atomic E-state index is 4.88. The number of nitrogens with one attached hydrogen (secondary N) is 1. The average molecular weight is 436 g/mol. The normalized spacial score (nSPS) is 12.1. The first-order valence-corrected chi connectivity index (χ1v) is 11.1. The molecular formula is C26H25N7. The highest BCUT2D eigenvalue weighted by atomic mass is 15.5. The molecule has 164 valence electrons. The molecule has 0 fully saturated rings. The Hall–Kier alpha value is -4.13. The molecular weight excluding hydrogens is 410 g/mol. The fourth-order valence-corrected chi connectivity index (χ4v) is 3.90. The topological polar surface area (TPSA) is 85.2 Å². The van der Waals surface area contributed by atoms with Crippen molar-refractivity contribution in [2.75, 3.05) is 0 Å². The van der Waals surface area contributed by atoms with E-state index in [-0.39, 0.29) is 0 Å². The van der Waals surface area contributed by atoms with Crippen LogP contribution in [0.3, 0.4) is 0 Å². The second-order valence-electron chi connectivity index (χ2n) is 8.10. The molecule has 33 heavy (non-hydrogen) atoms. The molecule has 0 aliphatic heterocycles. The van der Waals surface area contributed by atoms with E-state index in [1.54, 1.807) is 0 Å². The first-order chi connectivity index (χ1) is 16.2. The Morgan fingerprint density at radius 2 is 1.55 bits per heavy atom. The number of rotatable bonds is 7. The molecule has 0 radical (unpaired) electrons. The number of benzene rings is 3. The van der Waals surface area contributed by atoms with E-state index in [9.17, 15) is 0 Å². The zero-order chi connectivity index (χ0) is 22.6. The van der Waals surface area contributed by atoms with Gasteiger partial charge in [0.05, 0.1) is 6.54 Å². The van der Waals surface area contributed by atoms with Gasteiger partial charge in [0.2, 0.25) is 5.82 Å². The molecule has 1 atom stereocenters. The molecule has 0 bridgehead atoms. The summed E-state index contributed by atoms with van der Waals surface area (Å²) in [7, 11) is 0. The fourth-order valence-electron chi connectivity index (χ4n) is 3.90. The summed E-state index contributed by atoms with van der Waals surface area (Å²) in [6.45, 7) is 5.06. The Bertz CT molecular complexity index is 1320. The van der Waals surface area contributed by atoms with Gasteiger partial charge in [0, 0.05) is 17.0 Å². The second-order valence-corrected chi connectivity index (χ2v) is 8.10. The first-order valence-electron chi connectivity index (χ1n) is 11.1. The maximum Gasteiger partial charge on any atom is 0.205 e. The molecule has 0 aliphatic carbocycles. The standard InChI is InChI=1S/C26H25N7/c1-3-18(2)26-27-24(21-9-5-4-6-10-21)30-33(26)17-19-13-15-20(16-14-19)22-11-7-8-12-23(22)25-28-31-32-29-25/h4-16,18H,3,17H2,1-2H3,(H,28,29,31,32). The van der Waals surface area contributed by atoms with E-state index in [4.69, 9.17) is 10.1 Å². The van der Waals surface area contributed by atoms with Gasteiger partial charge >= 0.3 is 0 Å². The monoisotopic (exact) mass is 435 g/mol. The smallest absolute Gasteiger partial charge is 0.205 e. The average Bonchev–Trinajstić information content (AvgIpc) is 3.55. The number of aromatic amines is 1. The molecule has 3 aromatic carbocycles. The zero-order valence-electron chi connectivity index (χ0n) is 18.7. The molecule has 2 heterocycles. The van der Waals surface area contributed by atoms with E-state index in [1.807, 2.05) is 41.1 Å². The summed E-state index contributed by atoms with van der Waals surface area (Å²) in [6.07, 6.45) is 1.01. The lowest BCUT2D eigenvalue weighted by atomic mass is 9.98. The minimum absolute atomic E-state index is 0.330. The van der Waals surface area contributed by atoms with Crippen LogP contribution in [0, 0.1) is 0 Å². The third-order valence-corrected chi connectivity index (χ3v) is 5.90. The van der Waals surface area contributed by atoms with Gasteiger partial charge in [-0.3, -0.25) is 0 Å². The SMILES string of the molecule is CCC(C)c1nc(-c2ccccc2)nn1Cc1ccc(-c2ccccc2-c2nn[nH]n2)cc1. The van der Waals surface area contributed by atoms with Gasteiger partial charge in [-0.2, -0.15) is 10.3 Å². The van der Waals surface area contributed by atoms with Crippen LogP contribution in [0.4, 0.5) is 0 Å². The summed E-state index contributed by atoms with van der Waals surface area (Å²) >= 11 is 0. The van der Waals surface area contributed by atoms with Gasteiger partial charge in [-0.05, 0) is 28.3 Å². The predicted molar refractivity (Wildman–Crippen MR) is 128 cm³/mol. The molecule has 1 N–H and O–H groups in total. The van der Waals surface area contributed by atoms with Crippen molar-refractivity contribution in [2.24, 2.45) is 0 Å². The Labute approximate surface area is 192 Å². The van der Waals surface area contributed by atoms with Crippen LogP contribution in [0.1, 0.15) is 37.6 Å². The predicted octanol–water partition coefficient (Wildman–Crippen LogP) is 5.35. The number of hydrogen-bond acceptors (Lipinski definition) is 5. The van der Waals surface area contributed by atoms with Gasteiger partial charge in [0.1, 0.15) is 5.82 Å². The molecule has 0 saturated heterocycles. The van der Waals surface area contributed by atoms with E-state index >= 15 is 0 Å². The number of hydrogen-bond donors (Lipinski definition) is 1. The Morgan fingerprint density at radius 3 is 2.24 bits per heavy atom. The van der Waals surface area contributed by atoms with Crippen LogP contribution >= 0.6 is 0 Å². The van der Waals surface area contributed by atoms with Gasteiger partial charge in [-0.15, -0.1) is 10.2 Å². The molecule has 7 heteroatoms. The van der Waals surface area contributed by atoms with Gasteiger partial charge in [0.15, 0.2) is 5.82 Å². The Balaban J connectivity index is 1.44. The Morgan fingerprint density at radius 1 is 0.818 bits per heavy atom. The third-order valence-electron chi connectivity index (χ3n) is 5.90. The highest BCUT2D eigenvalue weighted by Crippen LogP contribution is 2.30. The maximum absolute atomic E-state index is 4.88. The lowest BCUT2D eigenvalue weighted by molar-refractivity contribution is 0.577. The summed E-state index contributed by atoms with van der Waals surface area (Å²) < 4.78 is 2.04. The molecule has 1 unspecified atom stereocenters. The highest BCUT2D eigenvalue weighted by molar-refractivity contribution is 5.80. The van der Waals surface area contributed by atoms with E-state index < -0.39 is 0 Å². The number of H-pyrrole nitrogens is 1. The second kappa shape index (κ2) is 9.16. The largest absolute Gasteiger partial charge is 0.245 e. The van der Waals surface area contributed by atoms with E-state index in [0.717, 1.165) is 40.3 Å². The van der Waals surface area contributed by atoms with Crippen LogP contribution < -0.4 is 0 Å². The summed E-state index contributed by atoms with van der Waals surface area (Å²) in [6, 6.07) is 26.8. The van der Waals surface area contributed by atoms with Crippen LogP contribution in [-0.4, -0.2) is 35.4 Å². The molecule has 7 nitrogen and oxygen atoms in total. The number of tetrazole rings is 1. The Kier molecular flexibility index (Phi) is 5.76. The van der Waals surface area contributed by atoms with Crippen LogP contribution in [0.5, 0.6) is 0 Å². The van der Waals surface area contributed by atoms with E-state index in [1.165, 1.54) is 5.56 Å². The minimum atomic E-state index is 0.330. The summed E-state index contributed by atoms with van der Waals surface area (Å²) in [5, 5.41) is 19.4. The zero-order valence-corrected chi connectivity index (χ0v) is 18.7. The number of nitrogens with zero attached hydrogens (tertiary/aromatic N) is 6. The van der Waals surface area contributed by atoms with Gasteiger partial charge < -0.3 is 0 Å². The van der Waals surface area contributed by atoms with Crippen LogP contribution in [0.15, 0.2) is 78.9 Å². The quantitative estimate of drug-likeness (QED) is 0.372. The van der Waals surface area contributed by atoms with Crippen LogP contribution in [0.2, 0.25) is 0 Å². The van der Waals surface area contributed by atoms with Gasteiger partial charge in [0.25, 0.3) is 0 Å². The van der Waals surface area contributed by atoms with Crippen molar-refractivity contribution in [3.63, 3.8) is 0 Å². The molecule has 5 aromatic rings. The minimum Gasteiger partial charge on any atom is -0.245 e. The van der Waals surface area contributed by atoms with Crippen molar-refractivity contribution >= 4 is 0 Å². The van der Waals surface area contributed by atoms with Crippen LogP contribution in [-0.2, 0) is 6.54 Å². The lowest BCUT2D eigenvalue weighted by Gasteiger charge is -2.11. The van der Waals surface area contributed by atoms with E-state index in [2.05, 4.69) is 76.9 Å². The third kappa shape index (κ3) is 4.30. The molecule has 0 spiro atoms. The van der Waals surface area contributed by atoms with Crippen molar-refractivity contribution in [3.05, 3.63) is 90.3 Å². The number of aromatic nitrogens is 7. The van der Waals surface area contributed by atoms with Crippen molar-refractivity contribution in [1.29, 1.82) is 0 Å². The highest BCUT2D eigenvalue weighted by Gasteiger charge is 2.17. The van der Waals surface area contributed by atoms with Crippen molar-refractivity contribution in [1.82, 2.24) is 35.4 Å². The van der Waals surface area contributed by atoms with Gasteiger partial charge in [-0.1, -0.05) is 92.7 Å². The summed E-state index contributed by atoms with van der Waals surface area (Å²) in [5.41, 5.74) is 5.32. The first kappa shape index (κ1) is 20.8. The molecule has 5 rings (SSSR count). The molecule has 0 saturated carbocycles.